The fourth-order valence-corrected chi connectivity index (χ4v) is 1.60. The minimum Gasteiger partial charge on any atom is -0.377 e. The maximum absolute atomic E-state index is 10.8. The Hall–Kier alpha value is -2.38. The third kappa shape index (κ3) is 3.56. The Kier molecular flexibility index (Phi) is 3.73. The molecule has 0 aliphatic rings. The molecule has 0 aromatic carbocycles. The van der Waals surface area contributed by atoms with Crippen molar-refractivity contribution in [2.24, 2.45) is 5.73 Å². The Morgan fingerprint density at radius 3 is 2.75 bits per heavy atom. The average Bonchev–Trinajstić information content (AvgIpc) is 2.93. The summed E-state index contributed by atoms with van der Waals surface area (Å²) in [5, 5.41) is 15.4. The van der Waals surface area contributed by atoms with Crippen molar-refractivity contribution in [2.45, 2.75) is 39.4 Å². The topological polar surface area (TPSA) is 104 Å². The van der Waals surface area contributed by atoms with E-state index in [1.165, 1.54) is 4.68 Å². The van der Waals surface area contributed by atoms with Crippen LogP contribution in [0.25, 0.3) is 0 Å². The summed E-state index contributed by atoms with van der Waals surface area (Å²) in [5.74, 6) is -0.423. The number of nitrogens with two attached hydrogens (primary N) is 1. The van der Waals surface area contributed by atoms with Crippen LogP contribution in [0.15, 0.2) is 18.6 Å². The molecule has 20 heavy (non-hydrogen) atoms. The lowest BCUT2D eigenvalue weighted by atomic mass is 10.1. The Balaban J connectivity index is 1.93. The summed E-state index contributed by atoms with van der Waals surface area (Å²) in [5.41, 5.74) is 6.65. The van der Waals surface area contributed by atoms with Crippen LogP contribution < -0.4 is 11.1 Å². The van der Waals surface area contributed by atoms with Crippen molar-refractivity contribution in [1.29, 1.82) is 0 Å². The molecule has 2 aromatic rings. The minimum atomic E-state index is -0.423. The first kappa shape index (κ1) is 14.0. The molecule has 0 unspecified atom stereocenters. The van der Waals surface area contributed by atoms with Crippen LogP contribution in [0.4, 0.5) is 5.69 Å². The second-order valence-electron chi connectivity index (χ2n) is 5.57. The summed E-state index contributed by atoms with van der Waals surface area (Å²) in [6.45, 7) is 6.80. The van der Waals surface area contributed by atoms with Crippen molar-refractivity contribution in [1.82, 2.24) is 24.8 Å². The molecule has 0 aliphatic carbocycles. The van der Waals surface area contributed by atoms with Crippen LogP contribution in [0.3, 0.4) is 0 Å². The predicted molar refractivity (Wildman–Crippen MR) is 73.8 cm³/mol. The number of rotatable bonds is 5. The molecule has 0 fully saturated rings. The monoisotopic (exact) mass is 277 g/mol. The van der Waals surface area contributed by atoms with E-state index in [1.807, 2.05) is 10.9 Å². The summed E-state index contributed by atoms with van der Waals surface area (Å²) in [7, 11) is 0. The molecule has 0 bridgehead atoms. The van der Waals surface area contributed by atoms with E-state index in [-0.39, 0.29) is 12.1 Å². The summed E-state index contributed by atoms with van der Waals surface area (Å²) in [4.78, 5) is 10.8. The van der Waals surface area contributed by atoms with E-state index in [0.717, 1.165) is 11.4 Å². The van der Waals surface area contributed by atoms with Gasteiger partial charge in [0.05, 0.1) is 30.2 Å². The van der Waals surface area contributed by atoms with Gasteiger partial charge in [-0.1, -0.05) is 5.21 Å². The molecule has 0 aliphatic heterocycles. The molecule has 8 heteroatoms. The standard InChI is InChI=1S/C12H19N7O/c1-12(2,3)19-7-10(16-17-19)4-14-9-5-15-18(6-9)8-11(13)20/h5-7,14H,4,8H2,1-3H3,(H2,13,20). The molecule has 0 radical (unpaired) electrons. The van der Waals surface area contributed by atoms with E-state index in [9.17, 15) is 4.79 Å². The van der Waals surface area contributed by atoms with Gasteiger partial charge in [-0.15, -0.1) is 5.10 Å². The van der Waals surface area contributed by atoms with Crippen LogP contribution in [0.5, 0.6) is 0 Å². The fourth-order valence-electron chi connectivity index (χ4n) is 1.60. The lowest BCUT2D eigenvalue weighted by molar-refractivity contribution is -0.118. The molecule has 108 valence electrons. The molecule has 2 heterocycles. The highest BCUT2D eigenvalue weighted by Gasteiger charge is 2.14. The van der Waals surface area contributed by atoms with Crippen molar-refractivity contribution < 1.29 is 4.79 Å². The zero-order valence-corrected chi connectivity index (χ0v) is 11.9. The zero-order valence-electron chi connectivity index (χ0n) is 11.9. The van der Waals surface area contributed by atoms with Crippen molar-refractivity contribution in [3.05, 3.63) is 24.3 Å². The van der Waals surface area contributed by atoms with Gasteiger partial charge in [0.15, 0.2) is 0 Å². The lowest BCUT2D eigenvalue weighted by Gasteiger charge is -2.17. The van der Waals surface area contributed by atoms with E-state index in [4.69, 9.17) is 5.73 Å². The van der Waals surface area contributed by atoms with Crippen LogP contribution in [0.1, 0.15) is 26.5 Å². The Morgan fingerprint density at radius 2 is 2.15 bits per heavy atom. The first-order valence-electron chi connectivity index (χ1n) is 6.31. The van der Waals surface area contributed by atoms with Crippen LogP contribution >= 0.6 is 0 Å². The van der Waals surface area contributed by atoms with E-state index >= 15 is 0 Å². The van der Waals surface area contributed by atoms with Gasteiger partial charge in [-0.05, 0) is 20.8 Å². The normalized spacial score (nSPS) is 11.6. The predicted octanol–water partition coefficient (Wildman–Crippen LogP) is 0.327. The van der Waals surface area contributed by atoms with Gasteiger partial charge in [0.25, 0.3) is 0 Å². The maximum atomic E-state index is 10.8. The number of nitrogens with one attached hydrogen (secondary N) is 1. The van der Waals surface area contributed by atoms with Gasteiger partial charge in [0.2, 0.25) is 5.91 Å². The highest BCUT2D eigenvalue weighted by atomic mass is 16.1. The number of hydrogen-bond donors (Lipinski definition) is 2. The van der Waals surface area contributed by atoms with Crippen LogP contribution in [-0.4, -0.2) is 30.7 Å². The molecule has 0 saturated carbocycles. The van der Waals surface area contributed by atoms with Gasteiger partial charge >= 0.3 is 0 Å². The quantitative estimate of drug-likeness (QED) is 0.819. The van der Waals surface area contributed by atoms with E-state index in [2.05, 4.69) is 41.5 Å². The van der Waals surface area contributed by atoms with Gasteiger partial charge in [-0.2, -0.15) is 5.10 Å². The highest BCUT2D eigenvalue weighted by Crippen LogP contribution is 2.12. The van der Waals surface area contributed by atoms with Gasteiger partial charge in [0.1, 0.15) is 12.2 Å². The smallest absolute Gasteiger partial charge is 0.239 e. The van der Waals surface area contributed by atoms with Crippen molar-refractivity contribution in [3.8, 4) is 0 Å². The number of aromatic nitrogens is 5. The molecule has 0 saturated heterocycles. The van der Waals surface area contributed by atoms with E-state index < -0.39 is 5.91 Å². The van der Waals surface area contributed by atoms with Crippen LogP contribution in [0, 0.1) is 0 Å². The van der Waals surface area contributed by atoms with Gasteiger partial charge in [-0.3, -0.25) is 9.48 Å². The Morgan fingerprint density at radius 1 is 1.40 bits per heavy atom. The number of anilines is 1. The second-order valence-corrected chi connectivity index (χ2v) is 5.57. The third-order valence-corrected chi connectivity index (χ3v) is 2.65. The first-order chi connectivity index (χ1) is 9.34. The Labute approximate surface area is 116 Å². The Bertz CT molecular complexity index is 593. The minimum absolute atomic E-state index is 0.0713. The molecular formula is C12H19N7O. The highest BCUT2D eigenvalue weighted by molar-refractivity contribution is 5.73. The number of primary amides is 1. The first-order valence-corrected chi connectivity index (χ1v) is 6.31. The molecule has 3 N–H and O–H groups in total. The molecule has 0 spiro atoms. The summed E-state index contributed by atoms with van der Waals surface area (Å²) < 4.78 is 3.30. The summed E-state index contributed by atoms with van der Waals surface area (Å²) >= 11 is 0. The molecule has 8 nitrogen and oxygen atoms in total. The maximum Gasteiger partial charge on any atom is 0.239 e. The molecule has 2 rings (SSSR count). The zero-order chi connectivity index (χ0) is 14.8. The van der Waals surface area contributed by atoms with Crippen LogP contribution in [0.2, 0.25) is 0 Å². The molecule has 0 atom stereocenters. The fraction of sp³-hybridized carbons (Fsp3) is 0.500. The second kappa shape index (κ2) is 5.32. The van der Waals surface area contributed by atoms with E-state index in [1.54, 1.807) is 12.4 Å². The molecular weight excluding hydrogens is 258 g/mol. The lowest BCUT2D eigenvalue weighted by Crippen LogP contribution is -2.22. The SMILES string of the molecule is CC(C)(C)n1cc(CNc2cnn(CC(N)=O)c2)nn1. The van der Waals surface area contributed by atoms with Gasteiger partial charge < -0.3 is 11.1 Å². The number of carbonyl (C=O) groups excluding carboxylic acids is 1. The molecule has 1 amide bonds. The van der Waals surface area contributed by atoms with Crippen molar-refractivity contribution >= 4 is 11.6 Å². The van der Waals surface area contributed by atoms with Crippen LogP contribution in [-0.2, 0) is 23.4 Å². The average molecular weight is 277 g/mol. The largest absolute Gasteiger partial charge is 0.377 e. The van der Waals surface area contributed by atoms with Gasteiger partial charge in [-0.25, -0.2) is 4.68 Å². The van der Waals surface area contributed by atoms with E-state index in [0.29, 0.717) is 6.54 Å². The van der Waals surface area contributed by atoms with Gasteiger partial charge in [0, 0.05) is 6.20 Å². The number of hydrogen-bond acceptors (Lipinski definition) is 5. The summed E-state index contributed by atoms with van der Waals surface area (Å²) in [6.07, 6.45) is 5.26. The van der Waals surface area contributed by atoms with Crippen molar-refractivity contribution in [3.63, 3.8) is 0 Å². The summed E-state index contributed by atoms with van der Waals surface area (Å²) in [6, 6.07) is 0. The third-order valence-electron chi connectivity index (χ3n) is 2.65. The van der Waals surface area contributed by atoms with Crippen molar-refractivity contribution in [2.75, 3.05) is 5.32 Å². The molecule has 2 aromatic heterocycles. The number of nitrogens with zero attached hydrogens (tertiary/aromatic N) is 5. The number of carbonyl (C=O) groups is 1. The number of amides is 1.